The molecule has 0 aliphatic carbocycles. The van der Waals surface area contributed by atoms with Crippen LogP contribution in [0.5, 0.6) is 0 Å². The minimum absolute atomic E-state index is 0.292. The number of Topliss-reactive ketones (excluding diaryl/α,β-unsaturated/α-hetero) is 1. The van der Waals surface area contributed by atoms with Crippen LogP contribution in [0.1, 0.15) is 48.0 Å². The van der Waals surface area contributed by atoms with Crippen LogP contribution in [0.15, 0.2) is 0 Å². The highest BCUT2D eigenvalue weighted by Gasteiger charge is 2.17. The number of hydrogen-bond donors (Lipinski definition) is 0. The molecule has 0 fully saturated rings. The highest BCUT2D eigenvalue weighted by atomic mass is 16.1. The maximum absolute atomic E-state index is 11.1. The van der Waals surface area contributed by atoms with Gasteiger partial charge >= 0.3 is 0 Å². The molecule has 0 aliphatic heterocycles. The van der Waals surface area contributed by atoms with Crippen LogP contribution in [0.3, 0.4) is 0 Å². The van der Waals surface area contributed by atoms with E-state index in [2.05, 4.69) is 39.5 Å². The molecule has 0 amide bonds. The standard InChI is InChI=1S/C13H27NO/c1-10(2)8-14(9-11(3)4)12(5)7-13(6)15/h10-12H,7-9H2,1-6H3. The zero-order chi connectivity index (χ0) is 12.0. The van der Waals surface area contributed by atoms with Crippen LogP contribution < -0.4 is 0 Å². The van der Waals surface area contributed by atoms with E-state index >= 15 is 0 Å². The summed E-state index contributed by atoms with van der Waals surface area (Å²) in [6.07, 6.45) is 0.680. The van der Waals surface area contributed by atoms with Gasteiger partial charge < -0.3 is 0 Å². The van der Waals surface area contributed by atoms with Gasteiger partial charge in [0.25, 0.3) is 0 Å². The normalized spacial score (nSPS) is 13.9. The molecule has 0 aromatic heterocycles. The van der Waals surface area contributed by atoms with Crippen molar-refractivity contribution in [2.24, 2.45) is 11.8 Å². The van der Waals surface area contributed by atoms with E-state index in [1.165, 1.54) is 0 Å². The van der Waals surface area contributed by atoms with Crippen LogP contribution in [-0.2, 0) is 4.79 Å². The van der Waals surface area contributed by atoms with Crippen molar-refractivity contribution in [2.45, 2.75) is 54.0 Å². The Morgan fingerprint density at radius 3 is 1.67 bits per heavy atom. The van der Waals surface area contributed by atoms with Gasteiger partial charge in [0.2, 0.25) is 0 Å². The number of carbonyl (C=O) groups excluding carboxylic acids is 1. The van der Waals surface area contributed by atoms with E-state index in [9.17, 15) is 4.79 Å². The summed E-state index contributed by atoms with van der Waals surface area (Å²) in [5.74, 6) is 1.62. The number of nitrogens with zero attached hydrogens (tertiary/aromatic N) is 1. The Balaban J connectivity index is 4.26. The summed E-state index contributed by atoms with van der Waals surface area (Å²) in [6.45, 7) is 14.9. The van der Waals surface area contributed by atoms with Crippen LogP contribution in [0, 0.1) is 11.8 Å². The van der Waals surface area contributed by atoms with Crippen molar-refractivity contribution >= 4 is 5.78 Å². The Morgan fingerprint density at radius 1 is 1.00 bits per heavy atom. The minimum Gasteiger partial charge on any atom is -0.300 e. The molecule has 0 aromatic rings. The fourth-order valence-corrected chi connectivity index (χ4v) is 1.92. The van der Waals surface area contributed by atoms with E-state index in [-0.39, 0.29) is 0 Å². The maximum Gasteiger partial charge on any atom is 0.131 e. The summed E-state index contributed by atoms with van der Waals surface area (Å²) >= 11 is 0. The van der Waals surface area contributed by atoms with Crippen molar-refractivity contribution in [3.63, 3.8) is 0 Å². The van der Waals surface area contributed by atoms with Crippen LogP contribution in [0.2, 0.25) is 0 Å². The smallest absolute Gasteiger partial charge is 0.131 e. The van der Waals surface area contributed by atoms with Crippen LogP contribution in [0.25, 0.3) is 0 Å². The topological polar surface area (TPSA) is 20.3 Å². The number of ketones is 1. The average Bonchev–Trinajstić information content (AvgIpc) is 1.99. The largest absolute Gasteiger partial charge is 0.300 e. The lowest BCUT2D eigenvalue weighted by Gasteiger charge is -2.31. The first kappa shape index (κ1) is 14.6. The lowest BCUT2D eigenvalue weighted by molar-refractivity contribution is -0.118. The van der Waals surface area contributed by atoms with Gasteiger partial charge in [-0.1, -0.05) is 27.7 Å². The van der Waals surface area contributed by atoms with E-state index in [1.54, 1.807) is 6.92 Å². The molecule has 0 rings (SSSR count). The van der Waals surface area contributed by atoms with Crippen molar-refractivity contribution in [1.82, 2.24) is 4.90 Å². The molecule has 15 heavy (non-hydrogen) atoms. The average molecular weight is 213 g/mol. The second-order valence-corrected chi connectivity index (χ2v) is 5.50. The van der Waals surface area contributed by atoms with Gasteiger partial charge in [0.05, 0.1) is 0 Å². The lowest BCUT2D eigenvalue weighted by atomic mass is 10.1. The molecule has 0 aliphatic rings. The Morgan fingerprint density at radius 2 is 1.40 bits per heavy atom. The summed E-state index contributed by atoms with van der Waals surface area (Å²) < 4.78 is 0. The fraction of sp³-hybridized carbons (Fsp3) is 0.923. The molecule has 2 nitrogen and oxygen atoms in total. The summed E-state index contributed by atoms with van der Waals surface area (Å²) in [5.41, 5.74) is 0. The van der Waals surface area contributed by atoms with Gasteiger partial charge in [0.1, 0.15) is 5.78 Å². The molecule has 0 bridgehead atoms. The molecule has 1 atom stereocenters. The Bertz CT molecular complexity index is 177. The van der Waals surface area contributed by atoms with Gasteiger partial charge in [-0.25, -0.2) is 0 Å². The molecule has 1 unspecified atom stereocenters. The Hall–Kier alpha value is -0.370. The summed E-state index contributed by atoms with van der Waals surface area (Å²) in [6, 6.07) is 0.382. The Kier molecular flexibility index (Phi) is 6.82. The first-order chi connectivity index (χ1) is 6.82. The predicted octanol–water partition coefficient (Wildman–Crippen LogP) is 2.97. The zero-order valence-corrected chi connectivity index (χ0v) is 11.2. The van der Waals surface area contributed by atoms with E-state index < -0.39 is 0 Å². The first-order valence-electron chi connectivity index (χ1n) is 6.06. The number of hydrogen-bond acceptors (Lipinski definition) is 2. The third kappa shape index (κ3) is 7.55. The molecule has 0 N–H and O–H groups in total. The van der Waals surface area contributed by atoms with E-state index in [4.69, 9.17) is 0 Å². The van der Waals surface area contributed by atoms with Crippen molar-refractivity contribution in [2.75, 3.05) is 13.1 Å². The molecular weight excluding hydrogens is 186 g/mol. The number of rotatable bonds is 7. The maximum atomic E-state index is 11.1. The van der Waals surface area contributed by atoms with Gasteiger partial charge in [0, 0.05) is 25.6 Å². The lowest BCUT2D eigenvalue weighted by Crippen LogP contribution is -2.39. The predicted molar refractivity (Wildman–Crippen MR) is 66.0 cm³/mol. The quantitative estimate of drug-likeness (QED) is 0.648. The van der Waals surface area contributed by atoms with Gasteiger partial charge in [-0.2, -0.15) is 0 Å². The van der Waals surface area contributed by atoms with Crippen molar-refractivity contribution < 1.29 is 4.79 Å². The summed E-state index contributed by atoms with van der Waals surface area (Å²) in [7, 11) is 0. The van der Waals surface area contributed by atoms with E-state index in [0.717, 1.165) is 13.1 Å². The molecule has 0 saturated carbocycles. The van der Waals surface area contributed by atoms with Crippen LogP contribution in [-0.4, -0.2) is 29.8 Å². The van der Waals surface area contributed by atoms with E-state index in [0.29, 0.717) is 30.1 Å². The fourth-order valence-electron chi connectivity index (χ4n) is 1.92. The van der Waals surface area contributed by atoms with Crippen molar-refractivity contribution in [1.29, 1.82) is 0 Å². The SMILES string of the molecule is CC(=O)CC(C)N(CC(C)C)CC(C)C. The van der Waals surface area contributed by atoms with Gasteiger partial charge in [0.15, 0.2) is 0 Å². The molecule has 0 spiro atoms. The van der Waals surface area contributed by atoms with Gasteiger partial charge in [-0.05, 0) is 25.7 Å². The highest BCUT2D eigenvalue weighted by molar-refractivity contribution is 5.76. The third-order valence-corrected chi connectivity index (χ3v) is 2.41. The number of carbonyl (C=O) groups is 1. The second kappa shape index (κ2) is 7.00. The van der Waals surface area contributed by atoms with Gasteiger partial charge in [-0.15, -0.1) is 0 Å². The third-order valence-electron chi connectivity index (χ3n) is 2.41. The molecule has 0 aromatic carbocycles. The van der Waals surface area contributed by atoms with Crippen molar-refractivity contribution in [3.8, 4) is 0 Å². The second-order valence-electron chi connectivity index (χ2n) is 5.50. The highest BCUT2D eigenvalue weighted by Crippen LogP contribution is 2.11. The molecule has 0 saturated heterocycles. The monoisotopic (exact) mass is 213 g/mol. The summed E-state index contributed by atoms with van der Waals surface area (Å²) in [5, 5.41) is 0. The first-order valence-corrected chi connectivity index (χ1v) is 6.06. The Labute approximate surface area is 95.0 Å². The molecule has 2 heteroatoms. The van der Waals surface area contributed by atoms with E-state index in [1.807, 2.05) is 0 Å². The van der Waals surface area contributed by atoms with Gasteiger partial charge in [-0.3, -0.25) is 9.69 Å². The van der Waals surface area contributed by atoms with Crippen LogP contribution in [0.4, 0.5) is 0 Å². The minimum atomic E-state index is 0.292. The van der Waals surface area contributed by atoms with Crippen LogP contribution >= 0.6 is 0 Å². The molecule has 0 radical (unpaired) electrons. The molecule has 0 heterocycles. The molecular formula is C13H27NO. The molecule has 90 valence electrons. The van der Waals surface area contributed by atoms with Crippen molar-refractivity contribution in [3.05, 3.63) is 0 Å². The zero-order valence-electron chi connectivity index (χ0n) is 11.2. The summed E-state index contributed by atoms with van der Waals surface area (Å²) in [4.78, 5) is 13.5.